The quantitative estimate of drug-likeness (QED) is 0.792. The number of imidazole rings is 1. The van der Waals surface area contributed by atoms with Crippen molar-refractivity contribution in [2.24, 2.45) is 0 Å². The molecule has 0 atom stereocenters. The van der Waals surface area contributed by atoms with Gasteiger partial charge in [0.15, 0.2) is 0 Å². The number of likely N-dealkylation sites (N-methyl/N-ethyl adjacent to an activating group) is 1. The van der Waals surface area contributed by atoms with Crippen LogP contribution in [0.2, 0.25) is 0 Å². The smallest absolute Gasteiger partial charge is 0.121 e. The second-order valence-corrected chi connectivity index (χ2v) is 8.05. The topological polar surface area (TPSA) is 47.2 Å². The number of piperidine rings is 1. The molecule has 0 bridgehead atoms. The Kier molecular flexibility index (Phi) is 7.56. The number of aryl methyl sites for hydroxylation is 2. The van der Waals surface area contributed by atoms with Crippen LogP contribution >= 0.6 is 24.8 Å². The van der Waals surface area contributed by atoms with Crippen LogP contribution < -0.4 is 5.32 Å². The van der Waals surface area contributed by atoms with Gasteiger partial charge in [-0.2, -0.15) is 0 Å². The van der Waals surface area contributed by atoms with Gasteiger partial charge >= 0.3 is 0 Å². The number of fused-ring (bicyclic) bond motifs is 1. The highest BCUT2D eigenvalue weighted by Crippen LogP contribution is 2.29. The molecule has 2 fully saturated rings. The van der Waals surface area contributed by atoms with E-state index in [1.54, 1.807) is 0 Å². The van der Waals surface area contributed by atoms with Gasteiger partial charge in [-0.1, -0.05) is 6.07 Å². The summed E-state index contributed by atoms with van der Waals surface area (Å²) in [6.45, 7) is 11.1. The minimum Gasteiger partial charge on any atom is -0.341 e. The average Bonchev–Trinajstić information content (AvgIpc) is 2.96. The molecule has 2 aliphatic rings. The molecule has 0 saturated carbocycles. The summed E-state index contributed by atoms with van der Waals surface area (Å²) in [4.78, 5) is 13.7. The average molecular weight is 414 g/mol. The maximum atomic E-state index is 4.93. The maximum absolute atomic E-state index is 4.93. The Morgan fingerprint density at radius 3 is 2.59 bits per heavy atom. The summed E-state index contributed by atoms with van der Waals surface area (Å²) in [5, 5.41) is 3.53. The van der Waals surface area contributed by atoms with Crippen molar-refractivity contribution in [1.82, 2.24) is 25.1 Å². The van der Waals surface area contributed by atoms with Crippen LogP contribution in [-0.4, -0.2) is 65.1 Å². The number of hydrogen-bond donors (Lipinski definition) is 2. The van der Waals surface area contributed by atoms with Crippen LogP contribution in [0.25, 0.3) is 11.0 Å². The van der Waals surface area contributed by atoms with E-state index >= 15 is 0 Å². The van der Waals surface area contributed by atoms with Gasteiger partial charge in [0.1, 0.15) is 5.82 Å². The Hall–Kier alpha value is -0.850. The molecule has 2 N–H and O–H groups in total. The predicted octanol–water partition coefficient (Wildman–Crippen LogP) is 3.28. The molecule has 3 heterocycles. The summed E-state index contributed by atoms with van der Waals surface area (Å²) in [5.41, 5.74) is 5.25. The molecule has 27 heavy (non-hydrogen) atoms. The fourth-order valence-corrected chi connectivity index (χ4v) is 4.60. The normalized spacial score (nSPS) is 20.9. The van der Waals surface area contributed by atoms with Crippen molar-refractivity contribution < 1.29 is 0 Å². The number of benzene rings is 1. The Balaban J connectivity index is 0.00000131. The summed E-state index contributed by atoms with van der Waals surface area (Å²) in [6.07, 6.45) is 3.74. The van der Waals surface area contributed by atoms with Gasteiger partial charge in [0.05, 0.1) is 17.6 Å². The van der Waals surface area contributed by atoms with E-state index in [-0.39, 0.29) is 24.8 Å². The lowest BCUT2D eigenvalue weighted by Gasteiger charge is -2.45. The molecular weight excluding hydrogens is 381 g/mol. The minimum absolute atomic E-state index is 0. The number of nitrogens with zero attached hydrogens (tertiary/aromatic N) is 3. The third kappa shape index (κ3) is 4.43. The lowest BCUT2D eigenvalue weighted by atomic mass is 9.86. The third-order valence-corrected chi connectivity index (χ3v) is 6.43. The summed E-state index contributed by atoms with van der Waals surface area (Å²) < 4.78 is 0. The van der Waals surface area contributed by atoms with Gasteiger partial charge in [0, 0.05) is 12.1 Å². The van der Waals surface area contributed by atoms with Crippen molar-refractivity contribution >= 4 is 35.8 Å². The van der Waals surface area contributed by atoms with Gasteiger partial charge in [0.25, 0.3) is 0 Å². The van der Waals surface area contributed by atoms with Crippen molar-refractivity contribution in [2.75, 3.05) is 39.8 Å². The molecule has 0 radical (unpaired) electrons. The molecule has 152 valence electrons. The molecular formula is C20H33Cl2N5. The predicted molar refractivity (Wildman–Crippen MR) is 117 cm³/mol. The Morgan fingerprint density at radius 1 is 1.11 bits per heavy atom. The number of halogens is 2. The van der Waals surface area contributed by atoms with Crippen LogP contribution in [0.1, 0.15) is 36.2 Å². The fourth-order valence-electron chi connectivity index (χ4n) is 4.60. The maximum Gasteiger partial charge on any atom is 0.121 e. The standard InChI is InChI=1S/C20H31N5.2ClH/c1-15-5-6-17-19(16(15)2)23-18(22-17)13-25-12-4-11-24(3)20(14-25)7-9-21-10-8-20;;/h5-6,21H,4,7-14H2,1-3H3,(H,22,23);2*1H. The van der Waals surface area contributed by atoms with Crippen molar-refractivity contribution in [1.29, 1.82) is 0 Å². The molecule has 2 aromatic rings. The summed E-state index contributed by atoms with van der Waals surface area (Å²) in [5.74, 6) is 1.11. The highest BCUT2D eigenvalue weighted by atomic mass is 35.5. The van der Waals surface area contributed by atoms with E-state index in [1.807, 2.05) is 0 Å². The Labute approximate surface area is 175 Å². The second kappa shape index (κ2) is 9.10. The largest absolute Gasteiger partial charge is 0.341 e. The lowest BCUT2D eigenvalue weighted by molar-refractivity contribution is 0.0631. The zero-order valence-corrected chi connectivity index (χ0v) is 18.3. The first-order valence-electron chi connectivity index (χ1n) is 9.66. The second-order valence-electron chi connectivity index (χ2n) is 8.05. The first kappa shape index (κ1) is 22.4. The number of aromatic amines is 1. The summed E-state index contributed by atoms with van der Waals surface area (Å²) >= 11 is 0. The highest BCUT2D eigenvalue weighted by Gasteiger charge is 2.39. The van der Waals surface area contributed by atoms with Crippen LogP contribution in [0.3, 0.4) is 0 Å². The molecule has 5 nitrogen and oxygen atoms in total. The molecule has 1 spiro atoms. The Bertz CT molecular complexity index is 754. The molecule has 2 aliphatic heterocycles. The van der Waals surface area contributed by atoms with E-state index in [0.717, 1.165) is 44.1 Å². The van der Waals surface area contributed by atoms with Crippen molar-refractivity contribution in [3.8, 4) is 0 Å². The molecule has 2 saturated heterocycles. The SMILES string of the molecule is Cc1ccc2[nH]c(CN3CCCN(C)C4(CCNCC4)C3)nc2c1C.Cl.Cl. The molecule has 0 amide bonds. The number of hydrogen-bond acceptors (Lipinski definition) is 4. The summed E-state index contributed by atoms with van der Waals surface area (Å²) in [6, 6.07) is 4.35. The first-order valence-corrected chi connectivity index (χ1v) is 9.66. The van der Waals surface area contributed by atoms with E-state index in [9.17, 15) is 0 Å². The van der Waals surface area contributed by atoms with Crippen LogP contribution in [-0.2, 0) is 6.54 Å². The molecule has 1 aromatic carbocycles. The van der Waals surface area contributed by atoms with Gasteiger partial charge in [-0.3, -0.25) is 9.80 Å². The van der Waals surface area contributed by atoms with Gasteiger partial charge in [0.2, 0.25) is 0 Å². The van der Waals surface area contributed by atoms with Crippen LogP contribution in [0.4, 0.5) is 0 Å². The Morgan fingerprint density at radius 2 is 1.85 bits per heavy atom. The van der Waals surface area contributed by atoms with E-state index in [1.165, 1.54) is 42.5 Å². The zero-order chi connectivity index (χ0) is 17.4. The van der Waals surface area contributed by atoms with Gasteiger partial charge < -0.3 is 10.3 Å². The van der Waals surface area contributed by atoms with Gasteiger partial charge in [-0.15, -0.1) is 24.8 Å². The monoisotopic (exact) mass is 413 g/mol. The minimum atomic E-state index is 0. The fraction of sp³-hybridized carbons (Fsp3) is 0.650. The van der Waals surface area contributed by atoms with Crippen molar-refractivity contribution in [2.45, 2.75) is 45.2 Å². The number of H-pyrrole nitrogens is 1. The molecule has 0 unspecified atom stereocenters. The van der Waals surface area contributed by atoms with Crippen molar-refractivity contribution in [3.63, 3.8) is 0 Å². The van der Waals surface area contributed by atoms with Gasteiger partial charge in [-0.25, -0.2) is 4.98 Å². The molecule has 1 aromatic heterocycles. The summed E-state index contributed by atoms with van der Waals surface area (Å²) in [7, 11) is 2.32. The van der Waals surface area contributed by atoms with E-state index in [4.69, 9.17) is 4.98 Å². The van der Waals surface area contributed by atoms with E-state index in [2.05, 4.69) is 53.1 Å². The van der Waals surface area contributed by atoms with Gasteiger partial charge in [-0.05, 0) is 83.5 Å². The van der Waals surface area contributed by atoms with Crippen LogP contribution in [0, 0.1) is 13.8 Å². The third-order valence-electron chi connectivity index (χ3n) is 6.43. The first-order chi connectivity index (χ1) is 12.1. The van der Waals surface area contributed by atoms with Crippen LogP contribution in [0.15, 0.2) is 12.1 Å². The molecule has 7 heteroatoms. The number of rotatable bonds is 2. The lowest BCUT2D eigenvalue weighted by Crippen LogP contribution is -2.57. The highest BCUT2D eigenvalue weighted by molar-refractivity contribution is 5.85. The van der Waals surface area contributed by atoms with E-state index < -0.39 is 0 Å². The molecule has 4 rings (SSSR count). The number of nitrogens with one attached hydrogen (secondary N) is 2. The van der Waals surface area contributed by atoms with Crippen molar-refractivity contribution in [3.05, 3.63) is 29.1 Å². The number of aromatic nitrogens is 2. The van der Waals surface area contributed by atoms with E-state index in [0.29, 0.717) is 5.54 Å². The zero-order valence-electron chi connectivity index (χ0n) is 16.7. The molecule has 0 aliphatic carbocycles. The van der Waals surface area contributed by atoms with Crippen LogP contribution in [0.5, 0.6) is 0 Å².